The van der Waals surface area contributed by atoms with Crippen molar-refractivity contribution in [1.82, 2.24) is 5.32 Å². The second-order valence-corrected chi connectivity index (χ2v) is 4.85. The van der Waals surface area contributed by atoms with Crippen LogP contribution in [0.3, 0.4) is 0 Å². The second kappa shape index (κ2) is 6.03. The number of aliphatic hydroxyl groups is 1. The molecule has 1 aromatic rings. The molecular formula is C15H21NO2. The Morgan fingerprint density at radius 3 is 2.83 bits per heavy atom. The molecular weight excluding hydrogens is 226 g/mol. The third-order valence-corrected chi connectivity index (χ3v) is 3.44. The van der Waals surface area contributed by atoms with Crippen LogP contribution in [-0.2, 0) is 0 Å². The van der Waals surface area contributed by atoms with Gasteiger partial charge in [-0.05, 0) is 25.3 Å². The molecule has 0 aliphatic heterocycles. The Balaban J connectivity index is 1.77. The van der Waals surface area contributed by atoms with Gasteiger partial charge in [0, 0.05) is 18.7 Å². The monoisotopic (exact) mass is 247 g/mol. The molecule has 0 heterocycles. The first-order chi connectivity index (χ1) is 8.73. The molecule has 18 heavy (non-hydrogen) atoms. The van der Waals surface area contributed by atoms with Gasteiger partial charge in [0.25, 0.3) is 0 Å². The van der Waals surface area contributed by atoms with Gasteiger partial charge in [0.05, 0.1) is 12.7 Å². The number of nitrogens with one attached hydrogen (secondary N) is 1. The molecule has 98 valence electrons. The Hall–Kier alpha value is -1.32. The lowest BCUT2D eigenvalue weighted by atomic mass is 9.80. The van der Waals surface area contributed by atoms with Gasteiger partial charge >= 0.3 is 0 Å². The summed E-state index contributed by atoms with van der Waals surface area (Å²) in [6.07, 6.45) is 7.10. The smallest absolute Gasteiger partial charge is 0.126 e. The normalized spacial score (nSPS) is 17.7. The van der Waals surface area contributed by atoms with Crippen LogP contribution in [0.1, 0.15) is 24.8 Å². The first-order valence-corrected chi connectivity index (χ1v) is 6.46. The summed E-state index contributed by atoms with van der Waals surface area (Å²) in [5.41, 5.74) is 0.627. The highest BCUT2D eigenvalue weighted by molar-refractivity contribution is 5.57. The summed E-state index contributed by atoms with van der Waals surface area (Å²) in [6.45, 7) is 1.45. The predicted octanol–water partition coefficient (Wildman–Crippen LogP) is 2.21. The first-order valence-electron chi connectivity index (χ1n) is 6.46. The molecule has 1 aliphatic rings. The molecule has 0 aromatic heterocycles. The van der Waals surface area contributed by atoms with Crippen molar-refractivity contribution >= 4 is 6.08 Å². The molecule has 1 saturated carbocycles. The Morgan fingerprint density at radius 1 is 1.39 bits per heavy atom. The quantitative estimate of drug-likeness (QED) is 0.757. The van der Waals surface area contributed by atoms with Gasteiger partial charge in [-0.15, -0.1) is 0 Å². The number of ether oxygens (including phenoxy) is 1. The molecule has 0 unspecified atom stereocenters. The van der Waals surface area contributed by atoms with Crippen LogP contribution in [0.25, 0.3) is 6.08 Å². The molecule has 0 atom stereocenters. The number of methoxy groups -OCH3 is 1. The van der Waals surface area contributed by atoms with Crippen LogP contribution in [0.2, 0.25) is 0 Å². The van der Waals surface area contributed by atoms with Gasteiger partial charge in [-0.3, -0.25) is 0 Å². The molecule has 1 aliphatic carbocycles. The molecule has 2 rings (SSSR count). The van der Waals surface area contributed by atoms with E-state index in [2.05, 4.69) is 11.4 Å². The summed E-state index contributed by atoms with van der Waals surface area (Å²) >= 11 is 0. The van der Waals surface area contributed by atoms with E-state index in [4.69, 9.17) is 4.74 Å². The Bertz CT molecular complexity index is 411. The van der Waals surface area contributed by atoms with Crippen molar-refractivity contribution < 1.29 is 9.84 Å². The van der Waals surface area contributed by atoms with E-state index in [1.165, 1.54) is 0 Å². The lowest BCUT2D eigenvalue weighted by Gasteiger charge is -2.36. The van der Waals surface area contributed by atoms with Crippen LogP contribution in [0, 0.1) is 0 Å². The lowest BCUT2D eigenvalue weighted by Crippen LogP contribution is -2.46. The number of rotatable bonds is 6. The van der Waals surface area contributed by atoms with E-state index in [0.717, 1.165) is 37.1 Å². The van der Waals surface area contributed by atoms with Crippen molar-refractivity contribution in [2.75, 3.05) is 20.2 Å². The number of benzene rings is 1. The van der Waals surface area contributed by atoms with Crippen LogP contribution >= 0.6 is 0 Å². The van der Waals surface area contributed by atoms with Crippen LogP contribution in [0.5, 0.6) is 5.75 Å². The molecule has 0 bridgehead atoms. The fourth-order valence-corrected chi connectivity index (χ4v) is 2.14. The zero-order chi connectivity index (χ0) is 12.8. The Kier molecular flexibility index (Phi) is 4.39. The summed E-state index contributed by atoms with van der Waals surface area (Å²) in [5, 5.41) is 13.2. The number of hydrogen-bond donors (Lipinski definition) is 2. The van der Waals surface area contributed by atoms with Crippen LogP contribution in [0.4, 0.5) is 0 Å². The van der Waals surface area contributed by atoms with Crippen molar-refractivity contribution in [1.29, 1.82) is 0 Å². The highest BCUT2D eigenvalue weighted by Gasteiger charge is 2.33. The predicted molar refractivity (Wildman–Crippen MR) is 73.7 cm³/mol. The van der Waals surface area contributed by atoms with Crippen molar-refractivity contribution in [2.45, 2.75) is 24.9 Å². The molecule has 1 fully saturated rings. The van der Waals surface area contributed by atoms with E-state index in [1.54, 1.807) is 7.11 Å². The number of para-hydroxylation sites is 1. The average Bonchev–Trinajstić information content (AvgIpc) is 2.37. The third kappa shape index (κ3) is 3.34. The van der Waals surface area contributed by atoms with Crippen molar-refractivity contribution in [3.63, 3.8) is 0 Å². The molecule has 0 radical (unpaired) electrons. The van der Waals surface area contributed by atoms with Gasteiger partial charge < -0.3 is 15.2 Å². The topological polar surface area (TPSA) is 41.5 Å². The van der Waals surface area contributed by atoms with Crippen molar-refractivity contribution in [3.8, 4) is 5.75 Å². The molecule has 3 heteroatoms. The SMILES string of the molecule is COc1ccccc1C=CCNCC1(O)CCC1. The van der Waals surface area contributed by atoms with Crippen LogP contribution < -0.4 is 10.1 Å². The fourth-order valence-electron chi connectivity index (χ4n) is 2.14. The van der Waals surface area contributed by atoms with Crippen LogP contribution in [0.15, 0.2) is 30.3 Å². The van der Waals surface area contributed by atoms with Gasteiger partial charge in [-0.1, -0.05) is 30.4 Å². The maximum atomic E-state index is 9.90. The third-order valence-electron chi connectivity index (χ3n) is 3.44. The Morgan fingerprint density at radius 2 is 2.17 bits per heavy atom. The summed E-state index contributed by atoms with van der Waals surface area (Å²) in [4.78, 5) is 0. The van der Waals surface area contributed by atoms with Crippen molar-refractivity contribution in [3.05, 3.63) is 35.9 Å². The van der Waals surface area contributed by atoms with Gasteiger partial charge in [-0.2, -0.15) is 0 Å². The maximum absolute atomic E-state index is 9.90. The standard InChI is InChI=1S/C15H21NO2/c1-18-14-8-3-2-6-13(14)7-4-11-16-12-15(17)9-5-10-15/h2-4,6-8,16-17H,5,9-12H2,1H3. The zero-order valence-corrected chi connectivity index (χ0v) is 10.9. The summed E-state index contributed by atoms with van der Waals surface area (Å²) in [7, 11) is 1.68. The number of hydrogen-bond acceptors (Lipinski definition) is 3. The maximum Gasteiger partial charge on any atom is 0.126 e. The molecule has 1 aromatic carbocycles. The van der Waals surface area contributed by atoms with E-state index in [1.807, 2.05) is 30.3 Å². The lowest BCUT2D eigenvalue weighted by molar-refractivity contribution is -0.0305. The summed E-state index contributed by atoms with van der Waals surface area (Å²) in [5.74, 6) is 0.881. The fraction of sp³-hybridized carbons (Fsp3) is 0.467. The van der Waals surface area contributed by atoms with Gasteiger partial charge in [0.1, 0.15) is 5.75 Å². The largest absolute Gasteiger partial charge is 0.496 e. The molecule has 2 N–H and O–H groups in total. The van der Waals surface area contributed by atoms with Crippen LogP contribution in [-0.4, -0.2) is 30.9 Å². The van der Waals surface area contributed by atoms with E-state index < -0.39 is 5.60 Å². The molecule has 3 nitrogen and oxygen atoms in total. The molecule has 0 amide bonds. The minimum absolute atomic E-state index is 0.446. The van der Waals surface area contributed by atoms with E-state index >= 15 is 0 Å². The van der Waals surface area contributed by atoms with Gasteiger partial charge in [0.2, 0.25) is 0 Å². The van der Waals surface area contributed by atoms with Gasteiger partial charge in [0.15, 0.2) is 0 Å². The average molecular weight is 247 g/mol. The molecule has 0 saturated heterocycles. The zero-order valence-electron chi connectivity index (χ0n) is 10.9. The van der Waals surface area contributed by atoms with Gasteiger partial charge in [-0.25, -0.2) is 0 Å². The molecule has 0 spiro atoms. The minimum Gasteiger partial charge on any atom is -0.496 e. The van der Waals surface area contributed by atoms with E-state index in [-0.39, 0.29) is 0 Å². The summed E-state index contributed by atoms with van der Waals surface area (Å²) in [6, 6.07) is 7.92. The summed E-state index contributed by atoms with van der Waals surface area (Å²) < 4.78 is 5.27. The second-order valence-electron chi connectivity index (χ2n) is 4.85. The van der Waals surface area contributed by atoms with E-state index in [0.29, 0.717) is 6.54 Å². The van der Waals surface area contributed by atoms with E-state index in [9.17, 15) is 5.11 Å². The first kappa shape index (κ1) is 13.1. The highest BCUT2D eigenvalue weighted by Crippen LogP contribution is 2.30. The minimum atomic E-state index is -0.446. The van der Waals surface area contributed by atoms with Crippen molar-refractivity contribution in [2.24, 2.45) is 0 Å². The highest BCUT2D eigenvalue weighted by atomic mass is 16.5. The Labute approximate surface area is 108 Å².